The molecule has 3 aromatic rings. The van der Waals surface area contributed by atoms with Crippen molar-refractivity contribution in [1.82, 2.24) is 25.0 Å². The van der Waals surface area contributed by atoms with Crippen LogP contribution in [-0.4, -0.2) is 44.0 Å². The Morgan fingerprint density at radius 3 is 3.08 bits per heavy atom. The number of H-pyrrole nitrogens is 1. The average molecular weight is 376 g/mol. The van der Waals surface area contributed by atoms with E-state index in [4.69, 9.17) is 16.1 Å². The molecule has 0 bridgehead atoms. The van der Waals surface area contributed by atoms with Gasteiger partial charge in [0.1, 0.15) is 0 Å². The number of pyridine rings is 1. The molecule has 26 heavy (non-hydrogen) atoms. The number of aromatic nitrogens is 4. The van der Waals surface area contributed by atoms with Gasteiger partial charge in [0.25, 0.3) is 5.91 Å². The Morgan fingerprint density at radius 2 is 2.31 bits per heavy atom. The number of hydrogen-bond donors (Lipinski definition) is 1. The van der Waals surface area contributed by atoms with Crippen molar-refractivity contribution >= 4 is 17.5 Å². The molecule has 134 valence electrons. The number of amides is 1. The molecule has 4 heterocycles. The first-order chi connectivity index (χ1) is 12.6. The van der Waals surface area contributed by atoms with Crippen LogP contribution in [0.1, 0.15) is 35.0 Å². The molecule has 7 nitrogen and oxygen atoms in total. The highest BCUT2D eigenvalue weighted by molar-refractivity contribution is 6.30. The minimum absolute atomic E-state index is 0.0638. The highest BCUT2D eigenvalue weighted by Crippen LogP contribution is 2.28. The lowest BCUT2D eigenvalue weighted by Crippen LogP contribution is -2.39. The molecule has 1 fully saturated rings. The SMILES string of the molecule is O=C(c1ccnc(F)c1)N1CCCC(c2nc(-c3cc(Cl)c[nH]3)no2)C1. The molecule has 1 aliphatic rings. The van der Waals surface area contributed by atoms with Crippen LogP contribution in [0.4, 0.5) is 4.39 Å². The van der Waals surface area contributed by atoms with Crippen LogP contribution in [0.5, 0.6) is 0 Å². The molecule has 0 spiro atoms. The van der Waals surface area contributed by atoms with Crippen LogP contribution in [0.15, 0.2) is 35.1 Å². The number of carbonyl (C=O) groups is 1. The number of piperidine rings is 1. The first-order valence-electron chi connectivity index (χ1n) is 8.19. The average Bonchev–Trinajstić information content (AvgIpc) is 3.30. The Morgan fingerprint density at radius 1 is 1.42 bits per heavy atom. The number of nitrogens with zero attached hydrogens (tertiary/aromatic N) is 4. The molecule has 1 N–H and O–H groups in total. The number of carbonyl (C=O) groups excluding carboxylic acids is 1. The van der Waals surface area contributed by atoms with Crippen LogP contribution >= 0.6 is 11.6 Å². The van der Waals surface area contributed by atoms with E-state index in [2.05, 4.69) is 20.1 Å². The summed E-state index contributed by atoms with van der Waals surface area (Å²) in [5.74, 6) is -0.0656. The lowest BCUT2D eigenvalue weighted by molar-refractivity contribution is 0.0695. The standard InChI is InChI=1S/C17H15ClFN5O2/c18-12-7-13(21-8-12)15-22-16(26-23-15)11-2-1-5-24(9-11)17(25)10-3-4-20-14(19)6-10/h3-4,6-8,11,21H,1-2,5,9H2. The van der Waals surface area contributed by atoms with Crippen LogP contribution < -0.4 is 0 Å². The Bertz CT molecular complexity index is 941. The summed E-state index contributed by atoms with van der Waals surface area (Å²) in [6.07, 6.45) is 4.56. The van der Waals surface area contributed by atoms with Gasteiger partial charge in [-0.15, -0.1) is 0 Å². The number of hydrogen-bond acceptors (Lipinski definition) is 5. The van der Waals surface area contributed by atoms with Gasteiger partial charge in [-0.3, -0.25) is 4.79 Å². The summed E-state index contributed by atoms with van der Waals surface area (Å²) in [6, 6.07) is 4.37. The number of halogens is 2. The van der Waals surface area contributed by atoms with Gasteiger partial charge in [-0.25, -0.2) is 4.98 Å². The molecule has 1 unspecified atom stereocenters. The third kappa shape index (κ3) is 3.32. The molecule has 0 radical (unpaired) electrons. The van der Waals surface area contributed by atoms with E-state index in [0.29, 0.717) is 35.5 Å². The van der Waals surface area contributed by atoms with Crippen molar-refractivity contribution in [2.24, 2.45) is 0 Å². The van der Waals surface area contributed by atoms with E-state index in [1.165, 1.54) is 12.3 Å². The van der Waals surface area contributed by atoms with Crippen LogP contribution in [0, 0.1) is 5.95 Å². The Labute approximate surface area is 153 Å². The Balaban J connectivity index is 1.50. The third-order valence-corrected chi connectivity index (χ3v) is 4.58. The smallest absolute Gasteiger partial charge is 0.254 e. The fourth-order valence-corrected chi connectivity index (χ4v) is 3.25. The lowest BCUT2D eigenvalue weighted by Gasteiger charge is -2.31. The minimum atomic E-state index is -0.671. The highest BCUT2D eigenvalue weighted by Gasteiger charge is 2.29. The van der Waals surface area contributed by atoms with E-state index in [0.717, 1.165) is 18.9 Å². The van der Waals surface area contributed by atoms with Crippen LogP contribution in [0.25, 0.3) is 11.5 Å². The van der Waals surface area contributed by atoms with Gasteiger partial charge >= 0.3 is 0 Å². The fraction of sp³-hybridized carbons (Fsp3) is 0.294. The van der Waals surface area contributed by atoms with Gasteiger partial charge in [-0.2, -0.15) is 9.37 Å². The summed E-state index contributed by atoms with van der Waals surface area (Å²) < 4.78 is 18.7. The van der Waals surface area contributed by atoms with Crippen molar-refractivity contribution < 1.29 is 13.7 Å². The molecule has 4 rings (SSSR count). The van der Waals surface area contributed by atoms with Crippen molar-refractivity contribution in [3.8, 4) is 11.5 Å². The number of rotatable bonds is 3. The molecule has 0 saturated carbocycles. The van der Waals surface area contributed by atoms with E-state index < -0.39 is 5.95 Å². The molecular weight excluding hydrogens is 361 g/mol. The van der Waals surface area contributed by atoms with Gasteiger partial charge in [-0.05, 0) is 25.0 Å². The summed E-state index contributed by atoms with van der Waals surface area (Å²) in [4.78, 5) is 25.2. The van der Waals surface area contributed by atoms with Gasteiger partial charge in [0.15, 0.2) is 0 Å². The number of aromatic amines is 1. The molecule has 1 amide bonds. The molecule has 0 aromatic carbocycles. The molecule has 3 aromatic heterocycles. The maximum absolute atomic E-state index is 13.3. The van der Waals surface area contributed by atoms with Crippen molar-refractivity contribution in [1.29, 1.82) is 0 Å². The fourth-order valence-electron chi connectivity index (χ4n) is 3.09. The molecular formula is C17H15ClFN5O2. The van der Waals surface area contributed by atoms with Gasteiger partial charge in [0.2, 0.25) is 17.7 Å². The van der Waals surface area contributed by atoms with Gasteiger partial charge < -0.3 is 14.4 Å². The molecule has 1 aliphatic heterocycles. The minimum Gasteiger partial charge on any atom is -0.357 e. The zero-order valence-electron chi connectivity index (χ0n) is 13.7. The summed E-state index contributed by atoms with van der Waals surface area (Å²) in [7, 11) is 0. The van der Waals surface area contributed by atoms with E-state index in [-0.39, 0.29) is 17.4 Å². The third-order valence-electron chi connectivity index (χ3n) is 4.36. The van der Waals surface area contributed by atoms with Crippen LogP contribution in [-0.2, 0) is 0 Å². The van der Waals surface area contributed by atoms with Gasteiger partial charge in [0.05, 0.1) is 16.6 Å². The molecule has 1 atom stereocenters. The van der Waals surface area contributed by atoms with E-state index in [1.54, 1.807) is 17.2 Å². The van der Waals surface area contributed by atoms with Crippen molar-refractivity contribution in [2.45, 2.75) is 18.8 Å². The van der Waals surface area contributed by atoms with Crippen molar-refractivity contribution in [2.75, 3.05) is 13.1 Å². The molecule has 9 heteroatoms. The van der Waals surface area contributed by atoms with E-state index in [1.807, 2.05) is 0 Å². The van der Waals surface area contributed by atoms with E-state index in [9.17, 15) is 9.18 Å². The van der Waals surface area contributed by atoms with Crippen molar-refractivity contribution in [3.63, 3.8) is 0 Å². The highest BCUT2D eigenvalue weighted by atomic mass is 35.5. The van der Waals surface area contributed by atoms with E-state index >= 15 is 0 Å². The predicted octanol–water partition coefficient (Wildman–Crippen LogP) is 3.27. The second-order valence-corrected chi connectivity index (χ2v) is 6.58. The number of likely N-dealkylation sites (tertiary alicyclic amines) is 1. The van der Waals surface area contributed by atoms with Crippen molar-refractivity contribution in [3.05, 3.63) is 53.0 Å². The summed E-state index contributed by atoms with van der Waals surface area (Å²) in [6.45, 7) is 1.04. The second-order valence-electron chi connectivity index (χ2n) is 6.15. The normalized spacial score (nSPS) is 17.5. The first-order valence-corrected chi connectivity index (χ1v) is 8.56. The second kappa shape index (κ2) is 6.87. The molecule has 1 saturated heterocycles. The summed E-state index contributed by atoms with van der Waals surface area (Å²) in [5.41, 5.74) is 0.950. The first kappa shape index (κ1) is 16.7. The maximum Gasteiger partial charge on any atom is 0.254 e. The maximum atomic E-state index is 13.3. The Kier molecular flexibility index (Phi) is 4.42. The summed E-state index contributed by atoms with van der Waals surface area (Å²) in [5, 5.41) is 4.54. The van der Waals surface area contributed by atoms with Crippen LogP contribution in [0.2, 0.25) is 5.02 Å². The quantitative estimate of drug-likeness (QED) is 0.710. The topological polar surface area (TPSA) is 87.9 Å². The Hall–Kier alpha value is -2.74. The zero-order valence-corrected chi connectivity index (χ0v) is 14.4. The lowest BCUT2D eigenvalue weighted by atomic mass is 9.97. The van der Waals surface area contributed by atoms with Gasteiger partial charge in [-0.1, -0.05) is 16.8 Å². The number of nitrogens with one attached hydrogen (secondary N) is 1. The zero-order chi connectivity index (χ0) is 18.1. The molecule has 0 aliphatic carbocycles. The monoisotopic (exact) mass is 375 g/mol. The largest absolute Gasteiger partial charge is 0.357 e. The summed E-state index contributed by atoms with van der Waals surface area (Å²) >= 11 is 5.90. The predicted molar refractivity (Wildman–Crippen MR) is 91.2 cm³/mol. The van der Waals surface area contributed by atoms with Crippen LogP contribution in [0.3, 0.4) is 0 Å². The van der Waals surface area contributed by atoms with Gasteiger partial charge in [0, 0.05) is 37.1 Å².